The van der Waals surface area contributed by atoms with E-state index >= 15 is 0 Å². The summed E-state index contributed by atoms with van der Waals surface area (Å²) in [6.07, 6.45) is 20.3. The number of nitrogens with zero attached hydrogens (tertiary/aromatic N) is 1. The number of carbonyl (C=O) groups is 1. The van der Waals surface area contributed by atoms with Crippen LogP contribution in [0, 0.1) is 11.3 Å². The third-order valence-corrected chi connectivity index (χ3v) is 8.49. The molecular formula is C29H55NO5. The van der Waals surface area contributed by atoms with Crippen LogP contribution in [-0.2, 0) is 9.53 Å². The molecule has 6 nitrogen and oxygen atoms in total. The number of rotatable bonds is 18. The van der Waals surface area contributed by atoms with E-state index in [1.165, 1.54) is 51.4 Å². The number of aliphatic hydroxyl groups is 3. The molecule has 0 radical (unpaired) electrons. The average Bonchev–Trinajstić information content (AvgIpc) is 3.19. The lowest BCUT2D eigenvalue weighted by molar-refractivity contribution is -0.315. The number of carbonyl (C=O) groups excluding carboxylic acids is 1. The van der Waals surface area contributed by atoms with Crippen LogP contribution in [0.1, 0.15) is 136 Å². The molecule has 1 unspecified atom stereocenters. The van der Waals surface area contributed by atoms with Crippen molar-refractivity contribution in [2.45, 2.75) is 148 Å². The summed E-state index contributed by atoms with van der Waals surface area (Å²) in [4.78, 5) is 15.5. The van der Waals surface area contributed by atoms with Crippen molar-refractivity contribution in [1.29, 1.82) is 0 Å². The molecule has 1 aliphatic heterocycles. The zero-order chi connectivity index (χ0) is 25.6. The van der Waals surface area contributed by atoms with E-state index in [4.69, 9.17) is 20.1 Å². The Bertz CT molecular complexity index is 554. The SMILES string of the molecule is CCCCCCCC(CCCCCCC)C(=O)OC1CCC2(CCN(CCCC(O)(O)O)CC2)C1. The van der Waals surface area contributed by atoms with Gasteiger partial charge in [0, 0.05) is 6.42 Å². The highest BCUT2D eigenvalue weighted by molar-refractivity contribution is 5.72. The van der Waals surface area contributed by atoms with Gasteiger partial charge in [-0.15, -0.1) is 0 Å². The van der Waals surface area contributed by atoms with Gasteiger partial charge < -0.3 is 25.0 Å². The molecule has 3 N–H and O–H groups in total. The van der Waals surface area contributed by atoms with Gasteiger partial charge in [-0.1, -0.05) is 78.1 Å². The van der Waals surface area contributed by atoms with E-state index in [0.717, 1.165) is 77.4 Å². The number of piperidine rings is 1. The maximum absolute atomic E-state index is 13.2. The van der Waals surface area contributed by atoms with E-state index in [1.54, 1.807) is 0 Å². The van der Waals surface area contributed by atoms with E-state index in [1.807, 2.05) is 0 Å². The van der Waals surface area contributed by atoms with Gasteiger partial charge in [0.25, 0.3) is 5.97 Å². The van der Waals surface area contributed by atoms with Crippen molar-refractivity contribution in [1.82, 2.24) is 4.90 Å². The van der Waals surface area contributed by atoms with Crippen LogP contribution >= 0.6 is 0 Å². The first-order chi connectivity index (χ1) is 16.8. The number of likely N-dealkylation sites (tertiary alicyclic amines) is 1. The summed E-state index contributed by atoms with van der Waals surface area (Å²) < 4.78 is 6.15. The number of unbranched alkanes of at least 4 members (excludes halogenated alkanes) is 8. The Balaban J connectivity index is 1.74. The van der Waals surface area contributed by atoms with E-state index < -0.39 is 5.97 Å². The fourth-order valence-electron chi connectivity index (χ4n) is 6.13. The van der Waals surface area contributed by atoms with Crippen molar-refractivity contribution in [2.24, 2.45) is 11.3 Å². The zero-order valence-corrected chi connectivity index (χ0v) is 22.8. The van der Waals surface area contributed by atoms with Gasteiger partial charge in [-0.25, -0.2) is 0 Å². The highest BCUT2D eigenvalue weighted by Gasteiger charge is 2.43. The van der Waals surface area contributed by atoms with Crippen LogP contribution in [0.15, 0.2) is 0 Å². The van der Waals surface area contributed by atoms with Crippen LogP contribution in [0.2, 0.25) is 0 Å². The molecule has 0 aromatic heterocycles. The average molecular weight is 498 g/mol. The second-order valence-corrected chi connectivity index (χ2v) is 11.6. The number of ether oxygens (including phenoxy) is 1. The molecule has 2 fully saturated rings. The van der Waals surface area contributed by atoms with E-state index in [-0.39, 0.29) is 24.4 Å². The first-order valence-corrected chi connectivity index (χ1v) is 14.9. The van der Waals surface area contributed by atoms with Crippen LogP contribution in [-0.4, -0.2) is 57.9 Å². The monoisotopic (exact) mass is 497 g/mol. The van der Waals surface area contributed by atoms with Gasteiger partial charge in [-0.3, -0.25) is 4.79 Å². The molecule has 1 saturated carbocycles. The molecule has 35 heavy (non-hydrogen) atoms. The Kier molecular flexibility index (Phi) is 14.1. The van der Waals surface area contributed by atoms with Gasteiger partial charge in [-0.2, -0.15) is 0 Å². The predicted molar refractivity (Wildman–Crippen MR) is 141 cm³/mol. The minimum Gasteiger partial charge on any atom is -0.462 e. The molecule has 0 aromatic carbocycles. The van der Waals surface area contributed by atoms with Crippen molar-refractivity contribution < 1.29 is 24.9 Å². The normalized spacial score (nSPS) is 20.7. The summed E-state index contributed by atoms with van der Waals surface area (Å²) in [6.45, 7) is 7.24. The lowest BCUT2D eigenvalue weighted by Crippen LogP contribution is -2.40. The fourth-order valence-corrected chi connectivity index (χ4v) is 6.13. The van der Waals surface area contributed by atoms with Gasteiger partial charge in [0.15, 0.2) is 0 Å². The van der Waals surface area contributed by atoms with Gasteiger partial charge in [0.05, 0.1) is 5.92 Å². The Morgan fingerprint density at radius 3 is 2.00 bits per heavy atom. The number of hydrogen-bond acceptors (Lipinski definition) is 6. The molecule has 0 aromatic rings. The molecule has 1 saturated heterocycles. The molecule has 1 atom stereocenters. The van der Waals surface area contributed by atoms with E-state index in [0.29, 0.717) is 11.8 Å². The molecular weight excluding hydrogens is 442 g/mol. The minimum atomic E-state index is -2.55. The van der Waals surface area contributed by atoms with Crippen LogP contribution in [0.4, 0.5) is 0 Å². The summed E-state index contributed by atoms with van der Waals surface area (Å²) >= 11 is 0. The fraction of sp³-hybridized carbons (Fsp3) is 0.966. The number of esters is 1. The highest BCUT2D eigenvalue weighted by atomic mass is 16.7. The van der Waals surface area contributed by atoms with Crippen LogP contribution in [0.3, 0.4) is 0 Å². The van der Waals surface area contributed by atoms with Crippen molar-refractivity contribution in [3.63, 3.8) is 0 Å². The molecule has 0 amide bonds. The molecule has 1 aliphatic carbocycles. The van der Waals surface area contributed by atoms with Gasteiger partial charge in [0.2, 0.25) is 0 Å². The molecule has 1 spiro atoms. The van der Waals surface area contributed by atoms with Gasteiger partial charge in [-0.05, 0) is 76.4 Å². The Hall–Kier alpha value is -0.690. The highest BCUT2D eigenvalue weighted by Crippen LogP contribution is 2.47. The summed E-state index contributed by atoms with van der Waals surface area (Å²) in [7, 11) is 0. The summed E-state index contributed by atoms with van der Waals surface area (Å²) in [5.74, 6) is -2.41. The van der Waals surface area contributed by atoms with Crippen LogP contribution < -0.4 is 0 Å². The second kappa shape index (κ2) is 16.2. The topological polar surface area (TPSA) is 90.2 Å². The smallest absolute Gasteiger partial charge is 0.309 e. The minimum absolute atomic E-state index is 0.0228. The second-order valence-electron chi connectivity index (χ2n) is 11.6. The van der Waals surface area contributed by atoms with Crippen molar-refractivity contribution in [3.05, 3.63) is 0 Å². The Labute approximate surface area is 214 Å². The molecule has 0 bridgehead atoms. The third kappa shape index (κ3) is 12.4. The zero-order valence-electron chi connectivity index (χ0n) is 22.8. The maximum atomic E-state index is 13.2. The summed E-state index contributed by atoms with van der Waals surface area (Å²) in [6, 6.07) is 0. The molecule has 2 rings (SSSR count). The largest absolute Gasteiger partial charge is 0.462 e. The standard InChI is InChI=1S/C29H55NO5/c1-3-5-7-9-11-14-25(15-12-10-8-6-4-2)27(31)35-26-16-18-28(24-26)19-22-30(23-20-28)21-13-17-29(32,33)34/h25-26,32-34H,3-24H2,1-2H3. The predicted octanol–water partition coefficient (Wildman–Crippen LogP) is 5.91. The lowest BCUT2D eigenvalue weighted by atomic mass is 9.77. The molecule has 206 valence electrons. The Morgan fingerprint density at radius 1 is 0.886 bits per heavy atom. The Morgan fingerprint density at radius 2 is 1.46 bits per heavy atom. The lowest BCUT2D eigenvalue weighted by Gasteiger charge is -2.39. The molecule has 1 heterocycles. The van der Waals surface area contributed by atoms with Crippen molar-refractivity contribution in [2.75, 3.05) is 19.6 Å². The maximum Gasteiger partial charge on any atom is 0.309 e. The first kappa shape index (κ1) is 30.5. The van der Waals surface area contributed by atoms with Crippen LogP contribution in [0.25, 0.3) is 0 Å². The molecule has 2 aliphatic rings. The molecule has 6 heteroatoms. The third-order valence-electron chi connectivity index (χ3n) is 8.49. The summed E-state index contributed by atoms with van der Waals surface area (Å²) in [5, 5.41) is 27.2. The quantitative estimate of drug-likeness (QED) is 0.124. The summed E-state index contributed by atoms with van der Waals surface area (Å²) in [5.41, 5.74) is 0.298. The van der Waals surface area contributed by atoms with E-state index in [9.17, 15) is 4.79 Å². The van der Waals surface area contributed by atoms with Gasteiger partial charge in [0.1, 0.15) is 6.10 Å². The first-order valence-electron chi connectivity index (χ1n) is 14.9. The van der Waals surface area contributed by atoms with Gasteiger partial charge >= 0.3 is 5.97 Å². The van der Waals surface area contributed by atoms with Crippen molar-refractivity contribution >= 4 is 5.97 Å². The van der Waals surface area contributed by atoms with Crippen molar-refractivity contribution in [3.8, 4) is 0 Å². The van der Waals surface area contributed by atoms with Crippen LogP contribution in [0.5, 0.6) is 0 Å². The van der Waals surface area contributed by atoms with E-state index in [2.05, 4.69) is 18.7 Å². The number of hydrogen-bond donors (Lipinski definition) is 3.